The third-order valence-corrected chi connectivity index (χ3v) is 3.96. The fourth-order valence-electron chi connectivity index (χ4n) is 2.61. The summed E-state index contributed by atoms with van der Waals surface area (Å²) in [7, 11) is 1.45. The summed E-state index contributed by atoms with van der Waals surface area (Å²) < 4.78 is 0. The molecule has 24 heavy (non-hydrogen) atoms. The number of hydrogen-bond acceptors (Lipinski definition) is 4. The average molecular weight is 332 g/mol. The van der Waals surface area contributed by atoms with Gasteiger partial charge in [-0.3, -0.25) is 14.9 Å². The molecule has 1 aliphatic heterocycles. The van der Waals surface area contributed by atoms with Gasteiger partial charge in [0.25, 0.3) is 0 Å². The van der Waals surface area contributed by atoms with Crippen molar-refractivity contribution in [2.24, 2.45) is 0 Å². The molecule has 1 aliphatic rings. The van der Waals surface area contributed by atoms with Gasteiger partial charge in [-0.2, -0.15) is 0 Å². The van der Waals surface area contributed by atoms with E-state index in [0.717, 1.165) is 30.6 Å². The van der Waals surface area contributed by atoms with Crippen molar-refractivity contribution >= 4 is 23.5 Å². The Balaban J connectivity index is 1.95. The van der Waals surface area contributed by atoms with E-state index in [9.17, 15) is 14.4 Å². The highest BCUT2D eigenvalue weighted by Crippen LogP contribution is 2.17. The predicted molar refractivity (Wildman–Crippen MR) is 91.4 cm³/mol. The van der Waals surface area contributed by atoms with Crippen LogP contribution >= 0.6 is 0 Å². The van der Waals surface area contributed by atoms with Gasteiger partial charge in [0.1, 0.15) is 6.04 Å². The molecular formula is C17H24N4O3. The molecule has 0 saturated carbocycles. The van der Waals surface area contributed by atoms with Crippen LogP contribution in [0.2, 0.25) is 0 Å². The maximum absolute atomic E-state index is 11.9. The van der Waals surface area contributed by atoms with Crippen LogP contribution in [-0.2, 0) is 16.1 Å². The van der Waals surface area contributed by atoms with Gasteiger partial charge in [0.2, 0.25) is 11.8 Å². The third kappa shape index (κ3) is 4.97. The lowest BCUT2D eigenvalue weighted by atomic mass is 10.1. The van der Waals surface area contributed by atoms with Crippen molar-refractivity contribution in [1.82, 2.24) is 15.5 Å². The molecule has 4 amide bonds. The van der Waals surface area contributed by atoms with E-state index < -0.39 is 18.0 Å². The van der Waals surface area contributed by atoms with Gasteiger partial charge in [-0.15, -0.1) is 0 Å². The summed E-state index contributed by atoms with van der Waals surface area (Å²) in [6.07, 6.45) is 2.63. The Morgan fingerprint density at radius 3 is 2.79 bits per heavy atom. The number of rotatable bonds is 5. The SMILES string of the molecule is CNC(=O)NC(=O)[C@H](C)Nc1cccc(CN2CCCCC2=O)c1. The van der Waals surface area contributed by atoms with Crippen LogP contribution in [0.3, 0.4) is 0 Å². The van der Waals surface area contributed by atoms with Gasteiger partial charge >= 0.3 is 6.03 Å². The van der Waals surface area contributed by atoms with Crippen LogP contribution in [0.4, 0.5) is 10.5 Å². The number of benzene rings is 1. The Labute approximate surface area is 141 Å². The molecule has 1 saturated heterocycles. The minimum absolute atomic E-state index is 0.193. The fourth-order valence-corrected chi connectivity index (χ4v) is 2.61. The summed E-state index contributed by atoms with van der Waals surface area (Å²) >= 11 is 0. The minimum atomic E-state index is -0.561. The number of likely N-dealkylation sites (tertiary alicyclic amines) is 1. The van der Waals surface area contributed by atoms with E-state index in [1.54, 1.807) is 6.92 Å². The largest absolute Gasteiger partial charge is 0.374 e. The zero-order valence-corrected chi connectivity index (χ0v) is 14.1. The predicted octanol–water partition coefficient (Wildman–Crippen LogP) is 1.46. The Morgan fingerprint density at radius 1 is 1.29 bits per heavy atom. The van der Waals surface area contributed by atoms with Gasteiger partial charge in [0.15, 0.2) is 0 Å². The van der Waals surface area contributed by atoms with Crippen LogP contribution in [0.15, 0.2) is 24.3 Å². The van der Waals surface area contributed by atoms with Crippen LogP contribution < -0.4 is 16.0 Å². The van der Waals surface area contributed by atoms with Crippen LogP contribution in [0, 0.1) is 0 Å². The van der Waals surface area contributed by atoms with Crippen molar-refractivity contribution in [1.29, 1.82) is 0 Å². The van der Waals surface area contributed by atoms with Gasteiger partial charge in [0, 0.05) is 32.2 Å². The molecule has 0 aliphatic carbocycles. The number of nitrogens with zero attached hydrogens (tertiary/aromatic N) is 1. The standard InChI is InChI=1S/C17H24N4O3/c1-12(16(23)20-17(24)18-2)19-14-7-5-6-13(10-14)11-21-9-4-3-8-15(21)22/h5-7,10,12,19H,3-4,8-9,11H2,1-2H3,(H2,18,20,23,24)/t12-/m0/s1. The molecule has 0 spiro atoms. The van der Waals surface area contributed by atoms with Gasteiger partial charge in [0.05, 0.1) is 0 Å². The van der Waals surface area contributed by atoms with E-state index in [1.807, 2.05) is 29.2 Å². The Bertz CT molecular complexity index is 618. The highest BCUT2D eigenvalue weighted by Gasteiger charge is 2.18. The fraction of sp³-hybridized carbons (Fsp3) is 0.471. The van der Waals surface area contributed by atoms with Crippen LogP contribution in [0.1, 0.15) is 31.7 Å². The van der Waals surface area contributed by atoms with Crippen molar-refractivity contribution in [3.8, 4) is 0 Å². The summed E-state index contributed by atoms with van der Waals surface area (Å²) in [6, 6.07) is 6.52. The number of urea groups is 1. The Kier molecular flexibility index (Phi) is 6.17. The minimum Gasteiger partial charge on any atom is -0.374 e. The molecule has 1 fully saturated rings. The molecule has 1 atom stereocenters. The maximum atomic E-state index is 11.9. The van der Waals surface area contributed by atoms with E-state index in [4.69, 9.17) is 0 Å². The highest BCUT2D eigenvalue weighted by atomic mass is 16.2. The Hall–Kier alpha value is -2.57. The molecule has 0 unspecified atom stereocenters. The van der Waals surface area contributed by atoms with Gasteiger partial charge in [-0.05, 0) is 37.5 Å². The van der Waals surface area contributed by atoms with Crippen LogP contribution in [0.25, 0.3) is 0 Å². The first-order chi connectivity index (χ1) is 11.5. The summed E-state index contributed by atoms with van der Waals surface area (Å²) in [5, 5.41) is 7.63. The number of carbonyl (C=O) groups is 3. The zero-order valence-electron chi connectivity index (χ0n) is 14.1. The molecule has 1 heterocycles. The molecule has 0 radical (unpaired) electrons. The van der Waals surface area contributed by atoms with E-state index >= 15 is 0 Å². The van der Waals surface area contributed by atoms with Crippen molar-refractivity contribution in [3.63, 3.8) is 0 Å². The first-order valence-electron chi connectivity index (χ1n) is 8.15. The molecule has 1 aromatic carbocycles. The van der Waals surface area contributed by atoms with Gasteiger partial charge < -0.3 is 15.5 Å². The summed E-state index contributed by atoms with van der Waals surface area (Å²) in [6.45, 7) is 3.05. The van der Waals surface area contributed by atoms with Crippen molar-refractivity contribution < 1.29 is 14.4 Å². The van der Waals surface area contributed by atoms with E-state index in [-0.39, 0.29) is 5.91 Å². The third-order valence-electron chi connectivity index (χ3n) is 3.96. The first kappa shape index (κ1) is 17.8. The normalized spacial score (nSPS) is 15.6. The maximum Gasteiger partial charge on any atom is 0.321 e. The van der Waals surface area contributed by atoms with Crippen molar-refractivity contribution in [2.45, 2.75) is 38.8 Å². The Morgan fingerprint density at radius 2 is 2.08 bits per heavy atom. The van der Waals surface area contributed by atoms with E-state index in [0.29, 0.717) is 13.0 Å². The zero-order chi connectivity index (χ0) is 17.5. The van der Waals surface area contributed by atoms with Crippen molar-refractivity contribution in [3.05, 3.63) is 29.8 Å². The first-order valence-corrected chi connectivity index (χ1v) is 8.15. The molecule has 2 rings (SSSR count). The number of imide groups is 1. The van der Waals surface area contributed by atoms with Crippen molar-refractivity contribution in [2.75, 3.05) is 18.9 Å². The smallest absolute Gasteiger partial charge is 0.321 e. The molecule has 3 N–H and O–H groups in total. The lowest BCUT2D eigenvalue weighted by Gasteiger charge is -2.27. The number of nitrogens with one attached hydrogen (secondary N) is 3. The number of anilines is 1. The molecular weight excluding hydrogens is 308 g/mol. The molecule has 7 heteroatoms. The van der Waals surface area contributed by atoms with Gasteiger partial charge in [-0.1, -0.05) is 12.1 Å². The van der Waals surface area contributed by atoms with Gasteiger partial charge in [-0.25, -0.2) is 4.79 Å². The number of carbonyl (C=O) groups excluding carboxylic acids is 3. The lowest BCUT2D eigenvalue weighted by molar-refractivity contribution is -0.133. The lowest BCUT2D eigenvalue weighted by Crippen LogP contribution is -2.44. The summed E-state index contributed by atoms with van der Waals surface area (Å²) in [5.74, 6) is -0.219. The second-order valence-corrected chi connectivity index (χ2v) is 5.91. The molecule has 0 aromatic heterocycles. The molecule has 130 valence electrons. The quantitative estimate of drug-likeness (QED) is 0.761. The monoisotopic (exact) mass is 332 g/mol. The number of piperidine rings is 1. The molecule has 1 aromatic rings. The highest BCUT2D eigenvalue weighted by molar-refractivity contribution is 5.97. The molecule has 0 bridgehead atoms. The number of amides is 4. The molecule has 7 nitrogen and oxygen atoms in total. The van der Waals surface area contributed by atoms with E-state index in [1.165, 1.54) is 7.05 Å². The second-order valence-electron chi connectivity index (χ2n) is 5.91. The second kappa shape index (κ2) is 8.33. The van der Waals surface area contributed by atoms with Crippen LogP contribution in [0.5, 0.6) is 0 Å². The topological polar surface area (TPSA) is 90.5 Å². The van der Waals surface area contributed by atoms with Crippen LogP contribution in [-0.4, -0.2) is 42.4 Å². The summed E-state index contributed by atoms with van der Waals surface area (Å²) in [4.78, 5) is 36.8. The number of hydrogen-bond donors (Lipinski definition) is 3. The summed E-state index contributed by atoms with van der Waals surface area (Å²) in [5.41, 5.74) is 1.78. The average Bonchev–Trinajstić information content (AvgIpc) is 2.57. The van der Waals surface area contributed by atoms with E-state index in [2.05, 4.69) is 16.0 Å².